The molecule has 2 aromatic carbocycles. The average molecular weight is 721 g/mol. The van der Waals surface area contributed by atoms with E-state index in [9.17, 15) is 30.0 Å². The van der Waals surface area contributed by atoms with Crippen LogP contribution in [0.1, 0.15) is 67.9 Å². The van der Waals surface area contributed by atoms with Gasteiger partial charge in [0.1, 0.15) is 11.0 Å². The molecule has 0 atom stereocenters. The lowest BCUT2D eigenvalue weighted by molar-refractivity contribution is 0.0979. The molecule has 3 aromatic heterocycles. The Morgan fingerprint density at radius 3 is 1.92 bits per heavy atom. The number of aliphatic hydroxyl groups is 4. The number of aliphatic hydroxyl groups excluding tert-OH is 4. The maximum absolute atomic E-state index is 12.9. The van der Waals surface area contributed by atoms with E-state index in [1.807, 2.05) is 24.4 Å². The lowest BCUT2D eigenvalue weighted by Gasteiger charge is -2.30. The molecule has 4 N–H and O–H groups in total. The Hall–Kier alpha value is -5.28. The van der Waals surface area contributed by atoms with Crippen LogP contribution in [0.3, 0.4) is 0 Å². The molecule has 0 saturated carbocycles. The van der Waals surface area contributed by atoms with Gasteiger partial charge in [-0.3, -0.25) is 9.59 Å². The van der Waals surface area contributed by atoms with E-state index < -0.39 is 0 Å². The Kier molecular flexibility index (Phi) is 11.0. The number of ketones is 2. The van der Waals surface area contributed by atoms with Crippen molar-refractivity contribution in [2.75, 3.05) is 80.4 Å². The minimum absolute atomic E-state index is 0.0247. The van der Waals surface area contributed by atoms with Crippen molar-refractivity contribution >= 4 is 40.3 Å². The van der Waals surface area contributed by atoms with Crippen LogP contribution in [0.25, 0.3) is 11.0 Å². The number of carbonyl (C=O) groups excluding carboxylic acids is 2. The molecule has 14 heteroatoms. The first kappa shape index (κ1) is 36.1. The fourth-order valence-corrected chi connectivity index (χ4v) is 7.38. The minimum Gasteiger partial charge on any atom is -0.395 e. The molecule has 0 radical (unpaired) electrons. The normalized spacial score (nSPS) is 14.5. The summed E-state index contributed by atoms with van der Waals surface area (Å²) in [7, 11) is 0. The van der Waals surface area contributed by atoms with Crippen LogP contribution in [0.4, 0.5) is 17.7 Å². The van der Waals surface area contributed by atoms with E-state index in [-0.39, 0.29) is 38.0 Å². The molecule has 2 aliphatic heterocycles. The highest BCUT2D eigenvalue weighted by Gasteiger charge is 2.35. The first-order chi connectivity index (χ1) is 25.9. The molecular formula is C39H44N8O6. The summed E-state index contributed by atoms with van der Waals surface area (Å²) in [4.78, 5) is 49.8. The van der Waals surface area contributed by atoms with Crippen LogP contribution in [-0.4, -0.2) is 122 Å². The summed E-state index contributed by atoms with van der Waals surface area (Å²) < 4.78 is 2.06. The van der Waals surface area contributed by atoms with E-state index in [4.69, 9.17) is 4.98 Å². The number of rotatable bonds is 11. The number of aromatic nitrogens is 5. The average Bonchev–Trinajstić information content (AvgIpc) is 3.57. The Morgan fingerprint density at radius 1 is 0.660 bits per heavy atom. The Labute approximate surface area is 307 Å². The zero-order valence-electron chi connectivity index (χ0n) is 29.6. The second kappa shape index (κ2) is 16.2. The molecule has 0 bridgehead atoms. The van der Waals surface area contributed by atoms with Gasteiger partial charge in [-0.1, -0.05) is 48.5 Å². The first-order valence-electron chi connectivity index (χ1n) is 18.2. The minimum atomic E-state index is -0.0763. The van der Waals surface area contributed by atoms with Crippen molar-refractivity contribution in [1.29, 1.82) is 0 Å². The molecule has 8 rings (SSSR count). The van der Waals surface area contributed by atoms with Gasteiger partial charge in [0, 0.05) is 75.3 Å². The summed E-state index contributed by atoms with van der Waals surface area (Å²) in [6.45, 7) is 3.38. The highest BCUT2D eigenvalue weighted by Crippen LogP contribution is 2.35. The van der Waals surface area contributed by atoms with Gasteiger partial charge in [-0.2, -0.15) is 4.98 Å². The zero-order chi connectivity index (χ0) is 36.9. The number of piperidine rings is 1. The van der Waals surface area contributed by atoms with Crippen LogP contribution in [0.5, 0.6) is 0 Å². The number of hydrogen-bond donors (Lipinski definition) is 4. The molecule has 276 valence electrons. The van der Waals surface area contributed by atoms with Gasteiger partial charge in [0.05, 0.1) is 43.8 Å². The van der Waals surface area contributed by atoms with Gasteiger partial charge in [-0.15, -0.1) is 0 Å². The van der Waals surface area contributed by atoms with Crippen molar-refractivity contribution in [2.45, 2.75) is 32.2 Å². The van der Waals surface area contributed by atoms with E-state index in [0.29, 0.717) is 83.6 Å². The smallest absolute Gasteiger partial charge is 0.228 e. The maximum atomic E-state index is 12.9. The first-order valence-corrected chi connectivity index (χ1v) is 18.2. The van der Waals surface area contributed by atoms with Gasteiger partial charge in [-0.25, -0.2) is 15.0 Å². The fraction of sp³-hybridized carbons (Fsp3) is 0.385. The summed E-state index contributed by atoms with van der Waals surface area (Å²) in [5.41, 5.74) is 6.83. The predicted octanol–water partition coefficient (Wildman–Crippen LogP) is 2.21. The second-order valence-electron chi connectivity index (χ2n) is 13.3. The van der Waals surface area contributed by atoms with Crippen molar-refractivity contribution < 1.29 is 30.0 Å². The van der Waals surface area contributed by atoms with E-state index in [1.54, 1.807) is 34.2 Å². The van der Waals surface area contributed by atoms with E-state index in [2.05, 4.69) is 36.6 Å². The molecule has 0 spiro atoms. The summed E-state index contributed by atoms with van der Waals surface area (Å²) >= 11 is 0. The van der Waals surface area contributed by atoms with Crippen molar-refractivity contribution in [3.05, 3.63) is 100.0 Å². The van der Waals surface area contributed by atoms with Gasteiger partial charge in [0.2, 0.25) is 11.9 Å². The van der Waals surface area contributed by atoms with Crippen molar-refractivity contribution in [3.63, 3.8) is 0 Å². The Bertz CT molecular complexity index is 2100. The van der Waals surface area contributed by atoms with Crippen molar-refractivity contribution in [1.82, 2.24) is 24.5 Å². The van der Waals surface area contributed by atoms with Crippen molar-refractivity contribution in [3.8, 4) is 0 Å². The van der Waals surface area contributed by atoms with Gasteiger partial charge < -0.3 is 39.7 Å². The number of nitrogens with zero attached hydrogens (tertiary/aromatic N) is 8. The molecular weight excluding hydrogens is 676 g/mol. The van der Waals surface area contributed by atoms with Crippen LogP contribution < -0.4 is 14.7 Å². The molecule has 0 amide bonds. The van der Waals surface area contributed by atoms with Crippen LogP contribution in [-0.2, 0) is 13.0 Å². The molecule has 1 aliphatic carbocycles. The standard InChI is InChI=1S/C20H13NO2.C19H31N7O4/c22-19-14-7-3-4-8-15(14)20(23)18-16(19)11-21-10-13-6-2-1-5-12(13)9-17(18)21;27-10-6-25(7-11-28)18-20-14-15-16(22-18)17(24-4-2-1-3-5-24)23-19(21-15)26(8-12-29)9-13-30/h1-8,11H,9-10H2;14,27-30H,1-13H2. The van der Waals surface area contributed by atoms with E-state index in [1.165, 1.54) is 17.5 Å². The predicted molar refractivity (Wildman–Crippen MR) is 200 cm³/mol. The topological polar surface area (TPSA) is 181 Å². The van der Waals surface area contributed by atoms with E-state index in [0.717, 1.165) is 38.2 Å². The quantitative estimate of drug-likeness (QED) is 0.153. The SMILES string of the molecule is O=C1c2ccccc2C(=O)c2c1cn1c2Cc2ccccc2C1.OCCN(CCO)c1nc(N2CCCCC2)c2nc(N(CCO)CCO)ncc2n1. The largest absolute Gasteiger partial charge is 0.395 e. The lowest BCUT2D eigenvalue weighted by Crippen LogP contribution is -2.34. The molecule has 0 unspecified atom stereocenters. The number of hydrogen-bond acceptors (Lipinski definition) is 13. The molecule has 53 heavy (non-hydrogen) atoms. The monoisotopic (exact) mass is 720 g/mol. The lowest BCUT2D eigenvalue weighted by atomic mass is 9.84. The third kappa shape index (κ3) is 7.22. The van der Waals surface area contributed by atoms with Crippen LogP contribution in [0, 0.1) is 0 Å². The Balaban J connectivity index is 0.000000169. The second-order valence-corrected chi connectivity index (χ2v) is 13.3. The highest BCUT2D eigenvalue weighted by molar-refractivity contribution is 6.29. The van der Waals surface area contributed by atoms with E-state index >= 15 is 0 Å². The van der Waals surface area contributed by atoms with Crippen LogP contribution >= 0.6 is 0 Å². The maximum Gasteiger partial charge on any atom is 0.228 e. The molecule has 1 saturated heterocycles. The number of anilines is 3. The summed E-state index contributed by atoms with van der Waals surface area (Å²) in [5.74, 6) is 1.46. The molecule has 5 aromatic rings. The molecule has 14 nitrogen and oxygen atoms in total. The molecule has 1 fully saturated rings. The van der Waals surface area contributed by atoms with Crippen LogP contribution in [0.15, 0.2) is 60.9 Å². The highest BCUT2D eigenvalue weighted by atomic mass is 16.3. The number of carbonyl (C=O) groups is 2. The summed E-state index contributed by atoms with van der Waals surface area (Å²) in [6, 6.07) is 15.4. The third-order valence-electron chi connectivity index (χ3n) is 9.99. The van der Waals surface area contributed by atoms with Crippen molar-refractivity contribution in [2.24, 2.45) is 0 Å². The zero-order valence-corrected chi connectivity index (χ0v) is 29.6. The van der Waals surface area contributed by atoms with Gasteiger partial charge in [0.25, 0.3) is 0 Å². The van der Waals surface area contributed by atoms with Gasteiger partial charge in [-0.05, 0) is 30.4 Å². The van der Waals surface area contributed by atoms with Gasteiger partial charge in [0.15, 0.2) is 17.4 Å². The van der Waals surface area contributed by atoms with Gasteiger partial charge >= 0.3 is 0 Å². The Morgan fingerprint density at radius 2 is 1.26 bits per heavy atom. The number of benzene rings is 2. The van der Waals surface area contributed by atoms with Crippen LogP contribution in [0.2, 0.25) is 0 Å². The summed E-state index contributed by atoms with van der Waals surface area (Å²) in [5, 5.41) is 37.5. The molecule has 3 aliphatic rings. The third-order valence-corrected chi connectivity index (χ3v) is 9.99. The number of fused-ring (bicyclic) bond motifs is 6. The molecule has 5 heterocycles. The fourth-order valence-electron chi connectivity index (χ4n) is 7.38. The summed E-state index contributed by atoms with van der Waals surface area (Å²) in [6.07, 6.45) is 7.49.